The molecule has 0 saturated heterocycles. The minimum Gasteiger partial charge on any atom is -0.355 e. The van der Waals surface area contributed by atoms with Crippen LogP contribution in [-0.4, -0.2) is 31.1 Å². The number of rotatable bonds is 6. The molecule has 0 spiro atoms. The van der Waals surface area contributed by atoms with Crippen molar-refractivity contribution in [1.82, 2.24) is 16.0 Å². The van der Waals surface area contributed by atoms with Gasteiger partial charge in [0.2, 0.25) is 5.91 Å². The molecule has 0 bridgehead atoms. The molecule has 0 aromatic rings. The van der Waals surface area contributed by atoms with Crippen LogP contribution >= 0.6 is 0 Å². The molecule has 0 aliphatic heterocycles. The highest BCUT2D eigenvalue weighted by Crippen LogP contribution is 1.84. The van der Waals surface area contributed by atoms with Crippen molar-refractivity contribution in [3.8, 4) is 0 Å². The van der Waals surface area contributed by atoms with Crippen LogP contribution in [0.3, 0.4) is 0 Å². The summed E-state index contributed by atoms with van der Waals surface area (Å²) in [6.45, 7) is 6.76. The highest BCUT2D eigenvalue weighted by atomic mass is 16.2. The first-order valence-electron chi connectivity index (χ1n) is 5.43. The lowest BCUT2D eigenvalue weighted by atomic mass is 10.3. The highest BCUT2D eigenvalue weighted by Gasteiger charge is 2.13. The zero-order chi connectivity index (χ0) is 11.7. The van der Waals surface area contributed by atoms with Gasteiger partial charge in [-0.15, -0.1) is 0 Å². The summed E-state index contributed by atoms with van der Waals surface area (Å²) in [4.78, 5) is 22.5. The summed E-state index contributed by atoms with van der Waals surface area (Å²) in [5.74, 6) is -0.164. The van der Waals surface area contributed by atoms with E-state index in [2.05, 4.69) is 22.9 Å². The van der Waals surface area contributed by atoms with Gasteiger partial charge >= 0.3 is 6.03 Å². The van der Waals surface area contributed by atoms with Crippen molar-refractivity contribution in [3.63, 3.8) is 0 Å². The Labute approximate surface area is 91.0 Å². The molecule has 5 nitrogen and oxygen atoms in total. The maximum atomic E-state index is 11.3. The van der Waals surface area contributed by atoms with Crippen LogP contribution < -0.4 is 16.0 Å². The molecule has 0 aliphatic rings. The molecule has 0 aromatic heterocycles. The van der Waals surface area contributed by atoms with Crippen molar-refractivity contribution in [1.29, 1.82) is 0 Å². The van der Waals surface area contributed by atoms with Gasteiger partial charge in [0.15, 0.2) is 0 Å². The van der Waals surface area contributed by atoms with E-state index in [1.165, 1.54) is 0 Å². The van der Waals surface area contributed by atoms with Gasteiger partial charge in [-0.05, 0) is 20.3 Å². The van der Waals surface area contributed by atoms with Crippen molar-refractivity contribution in [2.45, 2.75) is 39.7 Å². The third kappa shape index (κ3) is 6.76. The van der Waals surface area contributed by atoms with Gasteiger partial charge < -0.3 is 16.0 Å². The largest absolute Gasteiger partial charge is 0.355 e. The van der Waals surface area contributed by atoms with Crippen LogP contribution in [0.15, 0.2) is 0 Å². The average Bonchev–Trinajstić information content (AvgIpc) is 2.18. The van der Waals surface area contributed by atoms with Gasteiger partial charge in [0, 0.05) is 13.1 Å². The van der Waals surface area contributed by atoms with E-state index in [4.69, 9.17) is 0 Å². The maximum Gasteiger partial charge on any atom is 0.315 e. The Bertz CT molecular complexity index is 207. The summed E-state index contributed by atoms with van der Waals surface area (Å²) >= 11 is 0. The number of unbranched alkanes of at least 4 members (excludes halogenated alkanes) is 1. The number of carbonyl (C=O) groups excluding carboxylic acids is 2. The predicted molar refractivity (Wildman–Crippen MR) is 59.6 cm³/mol. The minimum atomic E-state index is -0.494. The molecule has 15 heavy (non-hydrogen) atoms. The lowest BCUT2D eigenvalue weighted by Gasteiger charge is -2.13. The van der Waals surface area contributed by atoms with E-state index in [0.717, 1.165) is 12.8 Å². The Morgan fingerprint density at radius 2 is 1.87 bits per heavy atom. The number of amides is 3. The molecule has 0 aliphatic carbocycles. The summed E-state index contributed by atoms with van der Waals surface area (Å²) < 4.78 is 0. The molecule has 88 valence electrons. The van der Waals surface area contributed by atoms with Crippen molar-refractivity contribution in [3.05, 3.63) is 0 Å². The van der Waals surface area contributed by atoms with Gasteiger partial charge in [-0.1, -0.05) is 13.3 Å². The number of hydrogen-bond acceptors (Lipinski definition) is 2. The van der Waals surface area contributed by atoms with Crippen molar-refractivity contribution in [2.75, 3.05) is 13.1 Å². The Morgan fingerprint density at radius 3 is 2.40 bits per heavy atom. The molecule has 1 unspecified atom stereocenters. The number of urea groups is 1. The summed E-state index contributed by atoms with van der Waals surface area (Å²) in [6, 6.07) is -0.784. The second-order valence-corrected chi connectivity index (χ2v) is 3.37. The molecule has 3 amide bonds. The van der Waals surface area contributed by atoms with Crippen LogP contribution in [0.5, 0.6) is 0 Å². The second-order valence-electron chi connectivity index (χ2n) is 3.37. The summed E-state index contributed by atoms with van der Waals surface area (Å²) in [7, 11) is 0. The number of hydrogen-bond donors (Lipinski definition) is 3. The molecule has 0 fully saturated rings. The van der Waals surface area contributed by atoms with Gasteiger partial charge in [0.25, 0.3) is 0 Å². The number of carbonyl (C=O) groups is 2. The van der Waals surface area contributed by atoms with Crippen molar-refractivity contribution in [2.24, 2.45) is 0 Å². The average molecular weight is 215 g/mol. The van der Waals surface area contributed by atoms with Crippen LogP contribution in [0.2, 0.25) is 0 Å². The molecule has 0 aromatic carbocycles. The van der Waals surface area contributed by atoms with Crippen LogP contribution in [-0.2, 0) is 4.79 Å². The molecule has 0 heterocycles. The summed E-state index contributed by atoms with van der Waals surface area (Å²) in [5, 5.41) is 7.88. The zero-order valence-corrected chi connectivity index (χ0v) is 9.72. The van der Waals surface area contributed by atoms with Crippen LogP contribution in [0.25, 0.3) is 0 Å². The third-order valence-electron chi connectivity index (χ3n) is 1.91. The van der Waals surface area contributed by atoms with E-state index in [9.17, 15) is 9.59 Å². The highest BCUT2D eigenvalue weighted by molar-refractivity contribution is 5.86. The maximum absolute atomic E-state index is 11.3. The number of nitrogens with one attached hydrogen (secondary N) is 3. The Balaban J connectivity index is 3.70. The van der Waals surface area contributed by atoms with E-state index in [1.54, 1.807) is 6.92 Å². The van der Waals surface area contributed by atoms with E-state index < -0.39 is 6.04 Å². The van der Waals surface area contributed by atoms with Crippen LogP contribution in [0, 0.1) is 0 Å². The van der Waals surface area contributed by atoms with Crippen molar-refractivity contribution >= 4 is 11.9 Å². The van der Waals surface area contributed by atoms with E-state index in [1.807, 2.05) is 6.92 Å². The normalized spacial score (nSPS) is 11.7. The van der Waals surface area contributed by atoms with Gasteiger partial charge in [-0.2, -0.15) is 0 Å². The zero-order valence-electron chi connectivity index (χ0n) is 9.72. The second kappa shape index (κ2) is 8.08. The number of likely N-dealkylation sites (N-methyl/N-ethyl adjacent to an activating group) is 1. The minimum absolute atomic E-state index is 0.164. The molecule has 0 saturated carbocycles. The fourth-order valence-corrected chi connectivity index (χ4v) is 1.02. The first kappa shape index (κ1) is 13.7. The lowest BCUT2D eigenvalue weighted by molar-refractivity contribution is -0.122. The monoisotopic (exact) mass is 215 g/mol. The van der Waals surface area contributed by atoms with Crippen molar-refractivity contribution < 1.29 is 9.59 Å². The SMILES string of the molecule is CCCCNC(=O)NC(C)C(=O)NCC. The fraction of sp³-hybridized carbons (Fsp3) is 0.800. The topological polar surface area (TPSA) is 70.2 Å². The first-order chi connectivity index (χ1) is 7.11. The summed E-state index contributed by atoms with van der Waals surface area (Å²) in [5.41, 5.74) is 0. The molecule has 5 heteroatoms. The van der Waals surface area contributed by atoms with Gasteiger partial charge in [-0.3, -0.25) is 4.79 Å². The summed E-state index contributed by atoms with van der Waals surface area (Å²) in [6.07, 6.45) is 1.98. The molecule has 0 radical (unpaired) electrons. The molecule has 0 rings (SSSR count). The molecular formula is C10H21N3O2. The van der Waals surface area contributed by atoms with E-state index in [-0.39, 0.29) is 11.9 Å². The Hall–Kier alpha value is -1.26. The quantitative estimate of drug-likeness (QED) is 0.568. The van der Waals surface area contributed by atoms with Crippen LogP contribution in [0.1, 0.15) is 33.6 Å². The third-order valence-corrected chi connectivity index (χ3v) is 1.91. The van der Waals surface area contributed by atoms with Crippen LogP contribution in [0.4, 0.5) is 4.79 Å². The standard InChI is InChI=1S/C10H21N3O2/c1-4-6-7-12-10(15)13-8(3)9(14)11-5-2/h8H,4-7H2,1-3H3,(H,11,14)(H2,12,13,15). The molecule has 1 atom stereocenters. The van der Waals surface area contributed by atoms with Gasteiger partial charge in [0.1, 0.15) is 6.04 Å². The van der Waals surface area contributed by atoms with E-state index >= 15 is 0 Å². The lowest BCUT2D eigenvalue weighted by Crippen LogP contribution is -2.48. The van der Waals surface area contributed by atoms with E-state index in [0.29, 0.717) is 13.1 Å². The molecule has 3 N–H and O–H groups in total. The van der Waals surface area contributed by atoms with Gasteiger partial charge in [-0.25, -0.2) is 4.79 Å². The smallest absolute Gasteiger partial charge is 0.315 e. The predicted octanol–water partition coefficient (Wildman–Crippen LogP) is 0.610. The Morgan fingerprint density at radius 1 is 1.20 bits per heavy atom. The Kier molecular flexibility index (Phi) is 7.40. The van der Waals surface area contributed by atoms with Gasteiger partial charge in [0.05, 0.1) is 0 Å². The molecular weight excluding hydrogens is 194 g/mol. The first-order valence-corrected chi connectivity index (χ1v) is 5.43. The fourth-order valence-electron chi connectivity index (χ4n) is 1.02.